The first-order valence-corrected chi connectivity index (χ1v) is 6.29. The normalized spacial score (nSPS) is 12.8. The molecule has 0 aliphatic rings. The third kappa shape index (κ3) is 4.31. The Hall–Kier alpha value is -1.15. The van der Waals surface area contributed by atoms with Crippen LogP contribution in [-0.2, 0) is 4.74 Å². The van der Waals surface area contributed by atoms with Crippen molar-refractivity contribution in [2.75, 3.05) is 6.61 Å². The molecule has 2 nitrogen and oxygen atoms in total. The first-order valence-electron chi connectivity index (χ1n) is 6.29. The number of rotatable bonds is 6. The Labute approximate surface area is 105 Å². The summed E-state index contributed by atoms with van der Waals surface area (Å²) in [6.07, 6.45) is 0.989. The molecule has 1 aromatic rings. The maximum absolute atomic E-state index is 5.75. The Kier molecular flexibility index (Phi) is 5.36. The Balaban J connectivity index is 2.65. The minimum Gasteiger partial charge on any atom is -0.368 e. The summed E-state index contributed by atoms with van der Waals surface area (Å²) in [7, 11) is 0. The van der Waals surface area contributed by atoms with Gasteiger partial charge in [0.1, 0.15) is 0 Å². The summed E-state index contributed by atoms with van der Waals surface area (Å²) in [6.45, 7) is 13.0. The quantitative estimate of drug-likeness (QED) is 0.685. The molecule has 1 atom stereocenters. The monoisotopic (exact) mass is 233 g/mol. The van der Waals surface area contributed by atoms with Gasteiger partial charge in [-0.2, -0.15) is 0 Å². The van der Waals surface area contributed by atoms with Crippen LogP contribution >= 0.6 is 0 Å². The van der Waals surface area contributed by atoms with Crippen molar-refractivity contribution < 1.29 is 4.74 Å². The van der Waals surface area contributed by atoms with E-state index in [2.05, 4.69) is 38.4 Å². The molecule has 1 rings (SSSR count). The van der Waals surface area contributed by atoms with E-state index in [1.54, 1.807) is 0 Å². The van der Waals surface area contributed by atoms with Gasteiger partial charge in [-0.3, -0.25) is 4.98 Å². The first-order chi connectivity index (χ1) is 8.04. The molecule has 0 saturated carbocycles. The van der Waals surface area contributed by atoms with Gasteiger partial charge in [0.05, 0.1) is 18.4 Å². The van der Waals surface area contributed by atoms with Crippen LogP contribution in [-0.4, -0.2) is 11.6 Å². The highest BCUT2D eigenvalue weighted by atomic mass is 16.5. The summed E-state index contributed by atoms with van der Waals surface area (Å²) in [6, 6.07) is 6.13. The third-order valence-corrected chi connectivity index (χ3v) is 2.84. The number of nitrogens with zero attached hydrogens (tertiary/aromatic N) is 1. The van der Waals surface area contributed by atoms with Gasteiger partial charge in [-0.1, -0.05) is 39.0 Å². The van der Waals surface area contributed by atoms with Crippen molar-refractivity contribution in [3.63, 3.8) is 0 Å². The zero-order valence-corrected chi connectivity index (χ0v) is 11.4. The lowest BCUT2D eigenvalue weighted by molar-refractivity contribution is 0.0794. The average Bonchev–Trinajstić information content (AvgIpc) is 2.35. The van der Waals surface area contributed by atoms with Crippen LogP contribution in [0.3, 0.4) is 0 Å². The van der Waals surface area contributed by atoms with Crippen molar-refractivity contribution in [2.45, 2.75) is 46.1 Å². The second-order valence-corrected chi connectivity index (χ2v) is 4.70. The summed E-state index contributed by atoms with van der Waals surface area (Å²) < 4.78 is 5.75. The van der Waals surface area contributed by atoms with E-state index in [4.69, 9.17) is 4.74 Å². The van der Waals surface area contributed by atoms with Crippen molar-refractivity contribution in [1.29, 1.82) is 0 Å². The second-order valence-electron chi connectivity index (χ2n) is 4.70. The van der Waals surface area contributed by atoms with E-state index in [1.807, 2.05) is 19.1 Å². The molecule has 2 heteroatoms. The molecule has 0 unspecified atom stereocenters. The van der Waals surface area contributed by atoms with Gasteiger partial charge in [-0.25, -0.2) is 0 Å². The highest BCUT2D eigenvalue weighted by molar-refractivity contribution is 5.15. The van der Waals surface area contributed by atoms with E-state index in [9.17, 15) is 0 Å². The van der Waals surface area contributed by atoms with Gasteiger partial charge in [0.15, 0.2) is 0 Å². The van der Waals surface area contributed by atoms with E-state index in [-0.39, 0.29) is 6.10 Å². The summed E-state index contributed by atoms with van der Waals surface area (Å²) in [5.41, 5.74) is 3.24. The molecule has 0 N–H and O–H groups in total. The fourth-order valence-electron chi connectivity index (χ4n) is 1.45. The van der Waals surface area contributed by atoms with Crippen molar-refractivity contribution in [3.05, 3.63) is 41.7 Å². The van der Waals surface area contributed by atoms with Gasteiger partial charge in [0.25, 0.3) is 0 Å². The van der Waals surface area contributed by atoms with Crippen LogP contribution in [0.5, 0.6) is 0 Å². The smallest absolute Gasteiger partial charge is 0.0971 e. The van der Waals surface area contributed by atoms with Crippen LogP contribution in [0, 0.1) is 0 Å². The minimum absolute atomic E-state index is 0.0250. The van der Waals surface area contributed by atoms with Crippen molar-refractivity contribution >= 4 is 0 Å². The number of aromatic nitrogens is 1. The van der Waals surface area contributed by atoms with Gasteiger partial charge in [-0.15, -0.1) is 0 Å². The van der Waals surface area contributed by atoms with Gasteiger partial charge in [-0.05, 0) is 31.4 Å². The fraction of sp³-hybridized carbons (Fsp3) is 0.533. The predicted molar refractivity (Wildman–Crippen MR) is 72.1 cm³/mol. The Bertz CT molecular complexity index is 371. The molecule has 0 bridgehead atoms. The highest BCUT2D eigenvalue weighted by Gasteiger charge is 2.09. The lowest BCUT2D eigenvalue weighted by Crippen LogP contribution is -2.06. The van der Waals surface area contributed by atoms with Gasteiger partial charge >= 0.3 is 0 Å². The maximum atomic E-state index is 5.75. The van der Waals surface area contributed by atoms with Gasteiger partial charge in [0, 0.05) is 5.69 Å². The molecule has 94 valence electrons. The van der Waals surface area contributed by atoms with E-state index in [1.165, 1.54) is 0 Å². The molecular formula is C15H23NO. The van der Waals surface area contributed by atoms with Crippen LogP contribution in [0.1, 0.15) is 57.5 Å². The van der Waals surface area contributed by atoms with Crippen LogP contribution in [0.15, 0.2) is 30.4 Å². The van der Waals surface area contributed by atoms with Crippen molar-refractivity contribution in [1.82, 2.24) is 4.98 Å². The summed E-state index contributed by atoms with van der Waals surface area (Å²) in [4.78, 5) is 4.62. The minimum atomic E-state index is 0.0250. The summed E-state index contributed by atoms with van der Waals surface area (Å²) >= 11 is 0. The van der Waals surface area contributed by atoms with Crippen LogP contribution in [0.4, 0.5) is 0 Å². The summed E-state index contributed by atoms with van der Waals surface area (Å²) in [5, 5.41) is 0. The standard InChI is InChI=1S/C15H23NO/c1-6-12(4)10-17-13(5)15-9-7-8-14(16-15)11(2)3/h7-9,11,13H,4,6,10H2,1-3,5H3/t13-/m1/s1. The van der Waals surface area contributed by atoms with Crippen molar-refractivity contribution in [3.8, 4) is 0 Å². The third-order valence-electron chi connectivity index (χ3n) is 2.84. The molecule has 0 saturated heterocycles. The molecule has 0 amide bonds. The Morgan fingerprint density at radius 2 is 1.94 bits per heavy atom. The molecule has 0 aliphatic heterocycles. The first kappa shape index (κ1) is 13.9. The lowest BCUT2D eigenvalue weighted by atomic mass is 10.1. The maximum Gasteiger partial charge on any atom is 0.0971 e. The number of ether oxygens (including phenoxy) is 1. The summed E-state index contributed by atoms with van der Waals surface area (Å²) in [5.74, 6) is 0.452. The molecule has 0 aromatic carbocycles. The van der Waals surface area contributed by atoms with E-state index in [0.29, 0.717) is 12.5 Å². The SMILES string of the molecule is C=C(CC)CO[C@H](C)c1cccc(C(C)C)n1. The molecule has 1 heterocycles. The van der Waals surface area contributed by atoms with Crippen molar-refractivity contribution in [2.24, 2.45) is 0 Å². The number of pyridine rings is 1. The van der Waals surface area contributed by atoms with Gasteiger partial charge in [0.2, 0.25) is 0 Å². The molecule has 0 aliphatic carbocycles. The highest BCUT2D eigenvalue weighted by Crippen LogP contribution is 2.19. The van der Waals surface area contributed by atoms with Crippen LogP contribution in [0.25, 0.3) is 0 Å². The Morgan fingerprint density at radius 3 is 2.53 bits per heavy atom. The average molecular weight is 233 g/mol. The van der Waals surface area contributed by atoms with Crippen LogP contribution in [0.2, 0.25) is 0 Å². The molecule has 0 fully saturated rings. The van der Waals surface area contributed by atoms with E-state index in [0.717, 1.165) is 23.4 Å². The zero-order chi connectivity index (χ0) is 12.8. The van der Waals surface area contributed by atoms with E-state index < -0.39 is 0 Å². The largest absolute Gasteiger partial charge is 0.368 e. The molecular weight excluding hydrogens is 210 g/mol. The molecule has 17 heavy (non-hydrogen) atoms. The molecule has 1 aromatic heterocycles. The second kappa shape index (κ2) is 6.55. The van der Waals surface area contributed by atoms with Gasteiger partial charge < -0.3 is 4.74 Å². The zero-order valence-electron chi connectivity index (χ0n) is 11.4. The Morgan fingerprint density at radius 1 is 1.29 bits per heavy atom. The molecule has 0 radical (unpaired) electrons. The van der Waals surface area contributed by atoms with E-state index >= 15 is 0 Å². The number of hydrogen-bond donors (Lipinski definition) is 0. The van der Waals surface area contributed by atoms with Crippen LogP contribution < -0.4 is 0 Å². The fourth-order valence-corrected chi connectivity index (χ4v) is 1.45. The number of hydrogen-bond acceptors (Lipinski definition) is 2. The molecule has 0 spiro atoms. The topological polar surface area (TPSA) is 22.1 Å². The lowest BCUT2D eigenvalue weighted by Gasteiger charge is -2.15. The predicted octanol–water partition coefficient (Wildman–Crippen LogP) is 4.25.